The number of aliphatic hydroxyl groups is 1. The third kappa shape index (κ3) is 11.8. The molecule has 4 amide bonds. The Bertz CT molecular complexity index is 1350. The first kappa shape index (κ1) is 38.7. The van der Waals surface area contributed by atoms with E-state index in [2.05, 4.69) is 42.3 Å². The van der Waals surface area contributed by atoms with Gasteiger partial charge in [0.05, 0.1) is 12.1 Å². The van der Waals surface area contributed by atoms with Gasteiger partial charge in [0.15, 0.2) is 0 Å². The Kier molecular flexibility index (Phi) is 15.3. The molecule has 2 bridgehead atoms. The number of benzene rings is 2. The Morgan fingerprint density at radius 3 is 1.90 bits per heavy atom. The van der Waals surface area contributed by atoms with Crippen LogP contribution >= 0.6 is 22.9 Å². The number of fused-ring (bicyclic) bond motifs is 2. The Labute approximate surface area is 304 Å². The molecule has 11 nitrogen and oxygen atoms in total. The molecule has 0 radical (unpaired) electrons. The molecular weight excluding hydrogens is 735 g/mol. The maximum atomic E-state index is 14.0. The summed E-state index contributed by atoms with van der Waals surface area (Å²) in [5.74, 6) is -1.35. The highest BCUT2D eigenvalue weighted by molar-refractivity contribution is 14.1. The van der Waals surface area contributed by atoms with E-state index in [1.807, 2.05) is 74.5 Å². The molecule has 0 aromatic heterocycles. The zero-order valence-corrected chi connectivity index (χ0v) is 30.8. The third-order valence-corrected chi connectivity index (χ3v) is 10.2. The molecular formula is C37H53IN6O5. The van der Waals surface area contributed by atoms with E-state index in [4.69, 9.17) is 5.73 Å². The number of amides is 4. The molecule has 4 rings (SSSR count). The van der Waals surface area contributed by atoms with Crippen LogP contribution in [0.5, 0.6) is 0 Å². The van der Waals surface area contributed by atoms with Crippen LogP contribution in [-0.4, -0.2) is 83.5 Å². The normalized spacial score (nSPS) is 21.0. The van der Waals surface area contributed by atoms with E-state index in [-0.39, 0.29) is 36.2 Å². The number of nitrogens with one attached hydrogen (secondary N) is 4. The van der Waals surface area contributed by atoms with Crippen LogP contribution in [0.2, 0.25) is 0 Å². The first-order valence-corrected chi connectivity index (χ1v) is 18.7. The predicted octanol–water partition coefficient (Wildman–Crippen LogP) is 2.64. The molecule has 268 valence electrons. The number of aliphatic hydroxyl groups excluding tert-OH is 1. The lowest BCUT2D eigenvalue weighted by Crippen LogP contribution is -2.59. The minimum Gasteiger partial charge on any atom is -0.392 e. The van der Waals surface area contributed by atoms with Gasteiger partial charge in [0.25, 0.3) is 0 Å². The van der Waals surface area contributed by atoms with Crippen LogP contribution in [0.3, 0.4) is 0 Å². The number of nitrogens with two attached hydrogens (primary N) is 1. The summed E-state index contributed by atoms with van der Waals surface area (Å²) in [5, 5.41) is 19.3. The topological polar surface area (TPSA) is 166 Å². The van der Waals surface area contributed by atoms with Crippen molar-refractivity contribution in [3.63, 3.8) is 0 Å². The summed E-state index contributed by atoms with van der Waals surface area (Å²) >= 11 is 2.09. The lowest BCUT2D eigenvalue weighted by atomic mass is 9.94. The number of unbranched alkanes of at least 4 members (excludes halogenated alkanes) is 1. The van der Waals surface area contributed by atoms with E-state index in [0.29, 0.717) is 32.4 Å². The first-order chi connectivity index (χ1) is 23.5. The van der Waals surface area contributed by atoms with Crippen molar-refractivity contribution < 1.29 is 24.3 Å². The molecule has 7 N–H and O–H groups in total. The highest BCUT2D eigenvalue weighted by Crippen LogP contribution is 2.37. The number of hydrogen-bond donors (Lipinski definition) is 6. The zero-order valence-electron chi connectivity index (χ0n) is 28.7. The average molecular weight is 789 g/mol. The van der Waals surface area contributed by atoms with Gasteiger partial charge in [0, 0.05) is 60.8 Å². The van der Waals surface area contributed by atoms with Crippen LogP contribution in [0.1, 0.15) is 63.5 Å². The van der Waals surface area contributed by atoms with Crippen LogP contribution in [0.25, 0.3) is 0 Å². The summed E-state index contributed by atoms with van der Waals surface area (Å²) in [4.78, 5) is 56.8. The number of carbonyl (C=O) groups excluding carboxylic acids is 4. The quantitative estimate of drug-likeness (QED) is 0.0768. The maximum Gasteiger partial charge on any atom is 0.245 e. The van der Waals surface area contributed by atoms with Gasteiger partial charge in [-0.3, -0.25) is 22.7 Å². The van der Waals surface area contributed by atoms with E-state index < -0.39 is 41.9 Å². The van der Waals surface area contributed by atoms with Gasteiger partial charge in [-0.2, -0.15) is 0 Å². The van der Waals surface area contributed by atoms with Gasteiger partial charge in [0.2, 0.25) is 23.6 Å². The van der Waals surface area contributed by atoms with Gasteiger partial charge in [-0.1, -0.05) is 74.5 Å². The predicted molar refractivity (Wildman–Crippen MR) is 198 cm³/mol. The van der Waals surface area contributed by atoms with Crippen molar-refractivity contribution in [3.8, 4) is 0 Å². The van der Waals surface area contributed by atoms with Gasteiger partial charge in [-0.05, 0) is 62.0 Å². The SMILES string of the molecule is CC(C)CC(NC(=O)C(Cc1ccccc1)NC(=O)C(N)Cc1ccccc1)C(=O)NC(CCCCNI)C(=O)N1CC2CCC(C1)C2O. The third-order valence-electron chi connectivity index (χ3n) is 9.62. The van der Waals surface area contributed by atoms with Crippen molar-refractivity contribution in [2.75, 3.05) is 19.6 Å². The van der Waals surface area contributed by atoms with E-state index in [1.165, 1.54) is 0 Å². The molecule has 0 spiro atoms. The van der Waals surface area contributed by atoms with E-state index in [0.717, 1.165) is 43.4 Å². The van der Waals surface area contributed by atoms with Crippen molar-refractivity contribution in [2.24, 2.45) is 23.5 Å². The largest absolute Gasteiger partial charge is 0.392 e. The number of halogens is 1. The van der Waals surface area contributed by atoms with E-state index >= 15 is 0 Å². The molecule has 1 saturated carbocycles. The lowest BCUT2D eigenvalue weighted by molar-refractivity contribution is -0.141. The molecule has 1 heterocycles. The highest BCUT2D eigenvalue weighted by Gasteiger charge is 2.43. The van der Waals surface area contributed by atoms with Crippen molar-refractivity contribution in [1.29, 1.82) is 0 Å². The molecule has 6 atom stereocenters. The fourth-order valence-corrected chi connectivity index (χ4v) is 7.32. The highest BCUT2D eigenvalue weighted by atomic mass is 127. The number of hydrogen-bond acceptors (Lipinski definition) is 7. The molecule has 12 heteroatoms. The molecule has 1 aliphatic heterocycles. The van der Waals surface area contributed by atoms with Gasteiger partial charge in [-0.25, -0.2) is 0 Å². The van der Waals surface area contributed by atoms with Crippen molar-refractivity contribution >= 4 is 46.5 Å². The minimum atomic E-state index is -0.979. The second-order valence-electron chi connectivity index (χ2n) is 14.0. The number of nitrogens with zero attached hydrogens (tertiary/aromatic N) is 1. The second kappa shape index (κ2) is 19.4. The molecule has 2 aromatic carbocycles. The van der Waals surface area contributed by atoms with Crippen LogP contribution in [0.4, 0.5) is 0 Å². The summed E-state index contributed by atoms with van der Waals surface area (Å²) in [6.07, 6.45) is 4.31. The minimum absolute atomic E-state index is 0.0561. The summed E-state index contributed by atoms with van der Waals surface area (Å²) in [7, 11) is 0. The van der Waals surface area contributed by atoms with Gasteiger partial charge in [-0.15, -0.1) is 0 Å². The zero-order chi connectivity index (χ0) is 35.3. The smallest absolute Gasteiger partial charge is 0.245 e. The fourth-order valence-electron chi connectivity index (χ4n) is 6.94. The number of piperidine rings is 1. The standard InChI is InChI=1S/C37H53IN6O5/c1-24(2)19-31(35(47)41-30(15-9-10-18-40-38)37(49)44-22-27-16-17-28(23-44)33(27)45)43-36(48)32(21-26-13-7-4-8-14-26)42-34(46)29(39)20-25-11-5-3-6-12-25/h3-8,11-14,24,27-33,40,45H,9-10,15-23,39H2,1-2H3,(H,41,47)(H,42,46)(H,43,48). The summed E-state index contributed by atoms with van der Waals surface area (Å²) in [5.41, 5.74) is 8.03. The molecule has 1 aliphatic carbocycles. The molecule has 2 aliphatic rings. The van der Waals surface area contributed by atoms with Crippen molar-refractivity contribution in [2.45, 2.75) is 95.5 Å². The maximum absolute atomic E-state index is 14.0. The van der Waals surface area contributed by atoms with Gasteiger partial charge >= 0.3 is 0 Å². The van der Waals surface area contributed by atoms with Gasteiger partial charge < -0.3 is 31.7 Å². The van der Waals surface area contributed by atoms with E-state index in [1.54, 1.807) is 4.90 Å². The molecule has 2 fully saturated rings. The molecule has 6 unspecified atom stereocenters. The molecule has 49 heavy (non-hydrogen) atoms. The summed E-state index contributed by atoms with van der Waals surface area (Å²) < 4.78 is 3.10. The monoisotopic (exact) mass is 788 g/mol. The summed E-state index contributed by atoms with van der Waals surface area (Å²) in [6.45, 7) is 5.68. The van der Waals surface area contributed by atoms with Crippen LogP contribution in [0, 0.1) is 17.8 Å². The number of carbonyl (C=O) groups is 4. The first-order valence-electron chi connectivity index (χ1n) is 17.6. The molecule has 2 aromatic rings. The Morgan fingerprint density at radius 2 is 1.33 bits per heavy atom. The van der Waals surface area contributed by atoms with Crippen LogP contribution in [0.15, 0.2) is 60.7 Å². The summed E-state index contributed by atoms with van der Waals surface area (Å²) in [6, 6.07) is 15.3. The van der Waals surface area contributed by atoms with Gasteiger partial charge in [0.1, 0.15) is 18.1 Å². The number of likely N-dealkylation sites (tertiary alicyclic amines) is 1. The Hall–Kier alpha value is -3.07. The van der Waals surface area contributed by atoms with E-state index in [9.17, 15) is 24.3 Å². The Morgan fingerprint density at radius 1 is 0.796 bits per heavy atom. The molecule has 1 saturated heterocycles. The number of rotatable bonds is 18. The Balaban J connectivity index is 1.48. The van der Waals surface area contributed by atoms with Crippen molar-refractivity contribution in [3.05, 3.63) is 71.8 Å². The van der Waals surface area contributed by atoms with Crippen LogP contribution < -0.4 is 25.2 Å². The lowest BCUT2D eigenvalue weighted by Gasteiger charge is -2.37. The second-order valence-corrected chi connectivity index (χ2v) is 14.8. The van der Waals surface area contributed by atoms with Crippen molar-refractivity contribution in [1.82, 2.24) is 24.4 Å². The average Bonchev–Trinajstić information content (AvgIpc) is 3.27. The van der Waals surface area contributed by atoms with Crippen LogP contribution in [-0.2, 0) is 32.0 Å². The fraction of sp³-hybridized carbons (Fsp3) is 0.568.